The second-order valence-corrected chi connectivity index (χ2v) is 6.98. The molecule has 0 aliphatic carbocycles. The fourth-order valence-corrected chi connectivity index (χ4v) is 3.35. The van der Waals surface area contributed by atoms with Crippen LogP contribution in [0.15, 0.2) is 47.4 Å². The van der Waals surface area contributed by atoms with E-state index in [1.165, 1.54) is 26.2 Å². The highest BCUT2D eigenvalue weighted by Crippen LogP contribution is 2.19. The van der Waals surface area contributed by atoms with Crippen LogP contribution in [-0.2, 0) is 24.3 Å². The molecule has 0 aromatic heterocycles. The van der Waals surface area contributed by atoms with Gasteiger partial charge in [0.2, 0.25) is 10.0 Å². The molecule has 1 atom stereocenters. The van der Waals surface area contributed by atoms with Gasteiger partial charge < -0.3 is 9.84 Å². The number of thiol groups is 1. The van der Waals surface area contributed by atoms with Gasteiger partial charge in [0.1, 0.15) is 6.04 Å². The number of esters is 1. The summed E-state index contributed by atoms with van der Waals surface area (Å²) in [5.41, 5.74) is 0. The van der Waals surface area contributed by atoms with Crippen LogP contribution in [0.3, 0.4) is 0 Å². The van der Waals surface area contributed by atoms with Crippen molar-refractivity contribution in [1.82, 2.24) is 4.72 Å². The Morgan fingerprint density at radius 1 is 1.20 bits per heavy atom. The number of carbonyl (C=O) groups excluding carboxylic acids is 1. The largest absolute Gasteiger partial charge is 0.480 e. The van der Waals surface area contributed by atoms with Crippen LogP contribution in [0.25, 0.3) is 10.8 Å². The molecule has 0 saturated carbocycles. The maximum atomic E-state index is 12.1. The number of rotatable bonds is 5. The van der Waals surface area contributed by atoms with E-state index in [0.717, 1.165) is 10.8 Å². The first-order chi connectivity index (χ1) is 11.7. The van der Waals surface area contributed by atoms with Gasteiger partial charge in [-0.3, -0.25) is 9.59 Å². The highest BCUT2D eigenvalue weighted by Gasteiger charge is 2.24. The van der Waals surface area contributed by atoms with Crippen molar-refractivity contribution in [2.45, 2.75) is 17.9 Å². The lowest BCUT2D eigenvalue weighted by Gasteiger charge is -2.12. The molecule has 2 N–H and O–H groups in total. The number of ether oxygens (including phenoxy) is 1. The van der Waals surface area contributed by atoms with Crippen molar-refractivity contribution in [3.8, 4) is 0 Å². The Morgan fingerprint density at radius 2 is 1.76 bits per heavy atom. The molecule has 25 heavy (non-hydrogen) atoms. The Bertz CT molecular complexity index is 851. The molecular formula is C16H19NO6S2. The van der Waals surface area contributed by atoms with Gasteiger partial charge in [0, 0.05) is 12.7 Å². The van der Waals surface area contributed by atoms with Crippen LogP contribution in [0.5, 0.6) is 0 Å². The lowest BCUT2D eigenvalue weighted by molar-refractivity contribution is -0.139. The number of carbonyl (C=O) groups is 2. The molecule has 0 aliphatic rings. The van der Waals surface area contributed by atoms with Gasteiger partial charge in [0.15, 0.2) is 0 Å². The highest BCUT2D eigenvalue weighted by atomic mass is 32.2. The first kappa shape index (κ1) is 20.9. The predicted octanol–water partition coefficient (Wildman–Crippen LogP) is 1.68. The number of hydrogen-bond acceptors (Lipinski definition) is 6. The van der Waals surface area contributed by atoms with E-state index in [1.54, 1.807) is 18.2 Å². The molecule has 0 saturated heterocycles. The molecule has 2 rings (SSSR count). The van der Waals surface area contributed by atoms with Crippen LogP contribution >= 0.6 is 12.6 Å². The molecule has 2 aromatic rings. The van der Waals surface area contributed by atoms with Gasteiger partial charge in [-0.1, -0.05) is 30.3 Å². The number of carboxylic acid groups (broad SMARTS) is 1. The number of hydrogen-bond donors (Lipinski definition) is 3. The Kier molecular flexibility index (Phi) is 7.88. The monoisotopic (exact) mass is 385 g/mol. The molecule has 136 valence electrons. The first-order valence-electron chi connectivity index (χ1n) is 7.10. The van der Waals surface area contributed by atoms with Crippen molar-refractivity contribution >= 4 is 45.4 Å². The quantitative estimate of drug-likeness (QED) is 0.534. The zero-order chi connectivity index (χ0) is 19.0. The van der Waals surface area contributed by atoms with Crippen LogP contribution < -0.4 is 4.72 Å². The minimum Gasteiger partial charge on any atom is -0.480 e. The third-order valence-corrected chi connectivity index (χ3v) is 4.93. The van der Waals surface area contributed by atoms with Crippen molar-refractivity contribution in [3.05, 3.63) is 42.5 Å². The van der Waals surface area contributed by atoms with E-state index >= 15 is 0 Å². The summed E-state index contributed by atoms with van der Waals surface area (Å²) >= 11 is 3.83. The van der Waals surface area contributed by atoms with Crippen molar-refractivity contribution in [3.63, 3.8) is 0 Å². The van der Waals surface area contributed by atoms with Crippen molar-refractivity contribution in [2.24, 2.45) is 0 Å². The molecule has 0 aliphatic heterocycles. The number of nitrogens with one attached hydrogen (secondary N) is 1. The fourth-order valence-electron chi connectivity index (χ4n) is 1.76. The molecule has 0 spiro atoms. The highest BCUT2D eigenvalue weighted by molar-refractivity contribution is 7.89. The molecule has 0 fully saturated rings. The summed E-state index contributed by atoms with van der Waals surface area (Å²) in [6, 6.07) is 10.7. The molecule has 0 heterocycles. The van der Waals surface area contributed by atoms with E-state index in [0.29, 0.717) is 0 Å². The molecule has 0 unspecified atom stereocenters. The van der Waals surface area contributed by atoms with Gasteiger partial charge in [-0.05, 0) is 22.9 Å². The van der Waals surface area contributed by atoms with Crippen LogP contribution in [0, 0.1) is 0 Å². The first-order valence-corrected chi connectivity index (χ1v) is 9.22. The van der Waals surface area contributed by atoms with Crippen LogP contribution in [0.4, 0.5) is 0 Å². The number of carboxylic acids is 1. The number of aliphatic carboxylic acids is 1. The van der Waals surface area contributed by atoms with Gasteiger partial charge >= 0.3 is 11.9 Å². The maximum absolute atomic E-state index is 12.1. The van der Waals surface area contributed by atoms with Crippen molar-refractivity contribution in [1.29, 1.82) is 0 Å². The second-order valence-electron chi connectivity index (χ2n) is 4.90. The summed E-state index contributed by atoms with van der Waals surface area (Å²) in [6.07, 6.45) is 0. The summed E-state index contributed by atoms with van der Waals surface area (Å²) in [4.78, 5) is 20.5. The average molecular weight is 385 g/mol. The van der Waals surface area contributed by atoms with E-state index in [-0.39, 0.29) is 16.6 Å². The van der Waals surface area contributed by atoms with Crippen LogP contribution in [0.2, 0.25) is 0 Å². The van der Waals surface area contributed by atoms with E-state index < -0.39 is 22.0 Å². The topological polar surface area (TPSA) is 110 Å². The molecule has 2 aromatic carbocycles. The maximum Gasteiger partial charge on any atom is 0.322 e. The summed E-state index contributed by atoms with van der Waals surface area (Å²) in [5, 5.41) is 10.6. The van der Waals surface area contributed by atoms with E-state index in [2.05, 4.69) is 22.1 Å². The average Bonchev–Trinajstić information content (AvgIpc) is 2.59. The minimum atomic E-state index is -3.89. The molecule has 9 heteroatoms. The van der Waals surface area contributed by atoms with Gasteiger partial charge in [-0.2, -0.15) is 17.4 Å². The number of fused-ring (bicyclic) bond motifs is 1. The van der Waals surface area contributed by atoms with E-state index in [1.807, 2.05) is 12.1 Å². The Balaban J connectivity index is 0.000000550. The van der Waals surface area contributed by atoms with E-state index in [4.69, 9.17) is 5.11 Å². The van der Waals surface area contributed by atoms with Crippen LogP contribution in [-0.4, -0.2) is 44.4 Å². The van der Waals surface area contributed by atoms with Crippen molar-refractivity contribution in [2.75, 3.05) is 12.9 Å². The standard InChI is InChI=1S/C13H13NO4S2.C3H6O2/c15-13(16)12(8-19)14-20(17,18)11-6-5-9-3-1-2-4-10(9)7-11;1-3(4)5-2/h1-7,12,14,19H,8H2,(H,15,16);1-2H3/t12-;/m0./s1. The van der Waals surface area contributed by atoms with E-state index in [9.17, 15) is 18.0 Å². The normalized spacial score (nSPS) is 12.0. The fraction of sp³-hybridized carbons (Fsp3) is 0.250. The molecule has 0 amide bonds. The molecule has 7 nitrogen and oxygen atoms in total. The summed E-state index contributed by atoms with van der Waals surface area (Å²) in [5.74, 6) is -1.63. The van der Waals surface area contributed by atoms with Gasteiger partial charge in [-0.15, -0.1) is 0 Å². The Hall–Kier alpha value is -2.10. The lowest BCUT2D eigenvalue weighted by atomic mass is 10.1. The Morgan fingerprint density at radius 3 is 2.24 bits per heavy atom. The zero-order valence-electron chi connectivity index (χ0n) is 13.7. The summed E-state index contributed by atoms with van der Waals surface area (Å²) in [7, 11) is -2.54. The van der Waals surface area contributed by atoms with Crippen molar-refractivity contribution < 1.29 is 27.9 Å². The smallest absolute Gasteiger partial charge is 0.322 e. The number of sulfonamides is 1. The van der Waals surface area contributed by atoms with Crippen LogP contribution in [0.1, 0.15) is 6.92 Å². The van der Waals surface area contributed by atoms with Gasteiger partial charge in [0.05, 0.1) is 12.0 Å². The van der Waals surface area contributed by atoms with Gasteiger partial charge in [-0.25, -0.2) is 8.42 Å². The van der Waals surface area contributed by atoms with Gasteiger partial charge in [0.25, 0.3) is 0 Å². The third-order valence-electron chi connectivity index (χ3n) is 3.10. The molecular weight excluding hydrogens is 366 g/mol. The third kappa shape index (κ3) is 6.37. The molecule has 0 bridgehead atoms. The zero-order valence-corrected chi connectivity index (χ0v) is 15.4. The molecule has 0 radical (unpaired) electrons. The second kappa shape index (κ2) is 9.40. The SMILES string of the molecule is COC(C)=O.O=C(O)[C@H](CS)NS(=O)(=O)c1ccc2ccccc2c1. The summed E-state index contributed by atoms with van der Waals surface area (Å²) in [6.45, 7) is 1.36. The number of benzene rings is 2. The predicted molar refractivity (Wildman–Crippen MR) is 97.2 cm³/mol. The number of methoxy groups -OCH3 is 1. The Labute approximate surface area is 151 Å². The lowest BCUT2D eigenvalue weighted by Crippen LogP contribution is -2.42. The summed E-state index contributed by atoms with van der Waals surface area (Å²) < 4.78 is 30.5. The minimum absolute atomic E-state index is 0.0317.